The highest BCUT2D eigenvalue weighted by Crippen LogP contribution is 2.44. The maximum absolute atomic E-state index is 12.0. The SMILES string of the molecule is COc1c(OCC=C(C)C)cc2c(c1OC)CC(O)OC2=O. The predicted molar refractivity (Wildman–Crippen MR) is 79.6 cm³/mol. The summed E-state index contributed by atoms with van der Waals surface area (Å²) in [5.41, 5.74) is 1.99. The third kappa shape index (κ3) is 3.17. The molecule has 120 valence electrons. The summed E-state index contributed by atoms with van der Waals surface area (Å²) in [7, 11) is 2.97. The molecule has 1 heterocycles. The van der Waals surface area contributed by atoms with Crippen molar-refractivity contribution in [2.45, 2.75) is 26.6 Å². The summed E-state index contributed by atoms with van der Waals surface area (Å²) in [5.74, 6) is 0.555. The second-order valence-corrected chi connectivity index (χ2v) is 5.12. The zero-order valence-electron chi connectivity index (χ0n) is 13.1. The Labute approximate surface area is 129 Å². The van der Waals surface area contributed by atoms with Gasteiger partial charge < -0.3 is 24.1 Å². The molecule has 1 aliphatic heterocycles. The van der Waals surface area contributed by atoms with Gasteiger partial charge >= 0.3 is 5.97 Å². The number of cyclic esters (lactones) is 1. The van der Waals surface area contributed by atoms with Gasteiger partial charge in [-0.05, 0) is 26.0 Å². The largest absolute Gasteiger partial charge is 0.492 e. The fourth-order valence-corrected chi connectivity index (χ4v) is 2.26. The molecule has 0 radical (unpaired) electrons. The first-order valence-electron chi connectivity index (χ1n) is 6.91. The van der Waals surface area contributed by atoms with E-state index < -0.39 is 12.3 Å². The van der Waals surface area contributed by atoms with Crippen molar-refractivity contribution in [1.29, 1.82) is 0 Å². The maximum atomic E-state index is 12.0. The lowest BCUT2D eigenvalue weighted by Gasteiger charge is -2.25. The van der Waals surface area contributed by atoms with Crippen LogP contribution in [0.15, 0.2) is 17.7 Å². The Morgan fingerprint density at radius 2 is 2.05 bits per heavy atom. The molecule has 6 nitrogen and oxygen atoms in total. The summed E-state index contributed by atoms with van der Waals surface area (Å²) in [6.07, 6.45) is 0.874. The van der Waals surface area contributed by atoms with E-state index in [1.54, 1.807) is 6.07 Å². The van der Waals surface area contributed by atoms with Gasteiger partial charge in [0.25, 0.3) is 0 Å². The van der Waals surface area contributed by atoms with Crippen molar-refractivity contribution in [2.24, 2.45) is 0 Å². The molecular formula is C16H20O6. The molecule has 2 rings (SSSR count). The van der Waals surface area contributed by atoms with Gasteiger partial charge in [0.1, 0.15) is 6.61 Å². The van der Waals surface area contributed by atoms with Crippen molar-refractivity contribution in [3.05, 3.63) is 28.8 Å². The van der Waals surface area contributed by atoms with Gasteiger partial charge in [-0.1, -0.05) is 5.57 Å². The van der Waals surface area contributed by atoms with Crippen molar-refractivity contribution in [2.75, 3.05) is 20.8 Å². The number of aliphatic hydroxyl groups excluding tert-OH is 1. The van der Waals surface area contributed by atoms with E-state index in [0.717, 1.165) is 5.57 Å². The molecule has 0 fully saturated rings. The molecule has 22 heavy (non-hydrogen) atoms. The highest BCUT2D eigenvalue weighted by Gasteiger charge is 2.31. The van der Waals surface area contributed by atoms with Crippen LogP contribution in [-0.2, 0) is 11.2 Å². The van der Waals surface area contributed by atoms with Crippen molar-refractivity contribution in [3.63, 3.8) is 0 Å². The molecule has 0 saturated heterocycles. The topological polar surface area (TPSA) is 74.2 Å². The van der Waals surface area contributed by atoms with Crippen LogP contribution in [0, 0.1) is 0 Å². The first kappa shape index (κ1) is 16.2. The number of aliphatic hydroxyl groups is 1. The summed E-state index contributed by atoms with van der Waals surface area (Å²) in [6, 6.07) is 1.56. The Balaban J connectivity index is 2.48. The number of ether oxygens (including phenoxy) is 4. The number of esters is 1. The molecule has 0 aliphatic carbocycles. The summed E-state index contributed by atoms with van der Waals surface area (Å²) in [4.78, 5) is 12.0. The minimum atomic E-state index is -1.18. The number of hydrogen-bond acceptors (Lipinski definition) is 6. The van der Waals surface area contributed by atoms with Gasteiger partial charge in [-0.2, -0.15) is 0 Å². The highest BCUT2D eigenvalue weighted by molar-refractivity contribution is 5.94. The van der Waals surface area contributed by atoms with Gasteiger partial charge in [-0.15, -0.1) is 0 Å². The standard InChI is InChI=1S/C16H20O6/c1-9(2)5-6-21-12-7-11-10(8-13(17)22-16(11)18)14(19-3)15(12)20-4/h5,7,13,17H,6,8H2,1-4H3. The number of methoxy groups -OCH3 is 2. The van der Waals surface area contributed by atoms with Crippen molar-refractivity contribution in [3.8, 4) is 17.2 Å². The molecule has 0 saturated carbocycles. The second kappa shape index (κ2) is 6.70. The Hall–Kier alpha value is -2.21. The fourth-order valence-electron chi connectivity index (χ4n) is 2.26. The molecule has 6 heteroatoms. The summed E-state index contributed by atoms with van der Waals surface area (Å²) in [5, 5.41) is 9.60. The number of rotatable bonds is 5. The number of hydrogen-bond donors (Lipinski definition) is 1. The van der Waals surface area contributed by atoms with E-state index in [-0.39, 0.29) is 6.42 Å². The van der Waals surface area contributed by atoms with Crippen LogP contribution >= 0.6 is 0 Å². The van der Waals surface area contributed by atoms with Gasteiger partial charge in [0.2, 0.25) is 12.0 Å². The summed E-state index contributed by atoms with van der Waals surface area (Å²) < 4.78 is 21.2. The number of carbonyl (C=O) groups excluding carboxylic acids is 1. The molecule has 1 unspecified atom stereocenters. The number of allylic oxidation sites excluding steroid dienone is 1. The fraction of sp³-hybridized carbons (Fsp3) is 0.438. The predicted octanol–water partition coefficient (Wildman–Crippen LogP) is 2.08. The summed E-state index contributed by atoms with van der Waals surface area (Å²) in [6.45, 7) is 4.28. The van der Waals surface area contributed by atoms with Crippen LogP contribution in [0.2, 0.25) is 0 Å². The third-order valence-electron chi connectivity index (χ3n) is 3.29. The van der Waals surface area contributed by atoms with E-state index >= 15 is 0 Å². The monoisotopic (exact) mass is 308 g/mol. The number of fused-ring (bicyclic) bond motifs is 1. The minimum Gasteiger partial charge on any atom is -0.492 e. The van der Waals surface area contributed by atoms with Gasteiger partial charge in [-0.25, -0.2) is 4.79 Å². The third-order valence-corrected chi connectivity index (χ3v) is 3.29. The zero-order chi connectivity index (χ0) is 16.3. The van der Waals surface area contributed by atoms with E-state index in [0.29, 0.717) is 35.0 Å². The van der Waals surface area contributed by atoms with Crippen LogP contribution in [0.1, 0.15) is 29.8 Å². The van der Waals surface area contributed by atoms with Gasteiger partial charge in [0.15, 0.2) is 11.5 Å². The number of carbonyl (C=O) groups is 1. The van der Waals surface area contributed by atoms with Crippen LogP contribution in [-0.4, -0.2) is 38.2 Å². The Bertz CT molecular complexity index is 601. The lowest BCUT2D eigenvalue weighted by molar-refractivity contribution is -0.0691. The van der Waals surface area contributed by atoms with E-state index in [1.807, 2.05) is 19.9 Å². The highest BCUT2D eigenvalue weighted by atomic mass is 16.6. The Kier molecular flexibility index (Phi) is 4.92. The molecule has 1 aromatic rings. The molecule has 1 aliphatic rings. The smallest absolute Gasteiger partial charge is 0.341 e. The molecule has 1 aromatic carbocycles. The minimum absolute atomic E-state index is 0.148. The second-order valence-electron chi connectivity index (χ2n) is 5.12. The lowest BCUT2D eigenvalue weighted by atomic mass is 9.99. The molecule has 0 bridgehead atoms. The Morgan fingerprint density at radius 1 is 1.36 bits per heavy atom. The van der Waals surface area contributed by atoms with E-state index in [9.17, 15) is 9.90 Å². The van der Waals surface area contributed by atoms with Crippen molar-refractivity contribution in [1.82, 2.24) is 0 Å². The molecular weight excluding hydrogens is 288 g/mol. The van der Waals surface area contributed by atoms with Gasteiger partial charge in [0, 0.05) is 12.0 Å². The average Bonchev–Trinajstić information content (AvgIpc) is 2.46. The van der Waals surface area contributed by atoms with Gasteiger partial charge in [-0.3, -0.25) is 0 Å². The lowest BCUT2D eigenvalue weighted by Crippen LogP contribution is -2.28. The van der Waals surface area contributed by atoms with Crippen LogP contribution in [0.3, 0.4) is 0 Å². The Morgan fingerprint density at radius 3 is 2.64 bits per heavy atom. The van der Waals surface area contributed by atoms with Crippen LogP contribution < -0.4 is 14.2 Å². The first-order chi connectivity index (χ1) is 10.5. The number of benzene rings is 1. The summed E-state index contributed by atoms with van der Waals surface area (Å²) >= 11 is 0. The quantitative estimate of drug-likeness (QED) is 0.663. The van der Waals surface area contributed by atoms with E-state index in [4.69, 9.17) is 18.9 Å². The molecule has 1 atom stereocenters. The molecule has 0 aromatic heterocycles. The zero-order valence-corrected chi connectivity index (χ0v) is 13.1. The van der Waals surface area contributed by atoms with Crippen LogP contribution in [0.4, 0.5) is 0 Å². The van der Waals surface area contributed by atoms with Crippen molar-refractivity contribution >= 4 is 5.97 Å². The maximum Gasteiger partial charge on any atom is 0.341 e. The van der Waals surface area contributed by atoms with E-state index in [1.165, 1.54) is 14.2 Å². The molecule has 0 spiro atoms. The normalized spacial score (nSPS) is 16.4. The molecule has 1 N–H and O–H groups in total. The average molecular weight is 308 g/mol. The van der Waals surface area contributed by atoms with Gasteiger partial charge in [0.05, 0.1) is 19.8 Å². The first-order valence-corrected chi connectivity index (χ1v) is 6.91. The van der Waals surface area contributed by atoms with E-state index in [2.05, 4.69) is 0 Å². The van der Waals surface area contributed by atoms with Crippen molar-refractivity contribution < 1.29 is 28.8 Å². The van der Waals surface area contributed by atoms with Crippen LogP contribution in [0.25, 0.3) is 0 Å². The molecule has 0 amide bonds. The van der Waals surface area contributed by atoms with Crippen LogP contribution in [0.5, 0.6) is 17.2 Å².